The lowest BCUT2D eigenvalue weighted by atomic mass is 10.1. The molecule has 0 saturated heterocycles. The summed E-state index contributed by atoms with van der Waals surface area (Å²) in [7, 11) is 9.97. The molecule has 0 radical (unpaired) electrons. The highest BCUT2D eigenvalue weighted by Gasteiger charge is 2.18. The third-order valence-corrected chi connectivity index (χ3v) is 8.95. The van der Waals surface area contributed by atoms with Crippen LogP contribution in [0.2, 0.25) is 0 Å². The molecule has 240 valence electrons. The summed E-state index contributed by atoms with van der Waals surface area (Å²) in [6.45, 7) is 0. The smallest absolute Gasteiger partial charge is 0.0469 e. The van der Waals surface area contributed by atoms with E-state index in [-0.39, 0.29) is 0 Å². The summed E-state index contributed by atoms with van der Waals surface area (Å²) in [5.74, 6) is 0. The lowest BCUT2D eigenvalue weighted by molar-refractivity contribution is 1.13. The van der Waals surface area contributed by atoms with E-state index in [1.807, 2.05) is 21.1 Å². The predicted molar refractivity (Wildman–Crippen MR) is 208 cm³/mol. The number of hydrogen-bond donors (Lipinski definition) is 4. The molecule has 0 bridgehead atoms. The van der Waals surface area contributed by atoms with E-state index in [2.05, 4.69) is 183 Å². The van der Waals surface area contributed by atoms with Crippen LogP contribution in [0.25, 0.3) is 21.8 Å². The molecular formula is C41H41N7. The first-order valence-corrected chi connectivity index (χ1v) is 16.2. The molecule has 48 heavy (non-hydrogen) atoms. The Bertz CT molecular complexity index is 2100. The van der Waals surface area contributed by atoms with Crippen molar-refractivity contribution in [1.29, 1.82) is 0 Å². The van der Waals surface area contributed by atoms with Gasteiger partial charge in [0.15, 0.2) is 0 Å². The van der Waals surface area contributed by atoms with E-state index < -0.39 is 0 Å². The van der Waals surface area contributed by atoms with Crippen LogP contribution >= 0.6 is 0 Å². The molecule has 0 saturated carbocycles. The van der Waals surface area contributed by atoms with E-state index in [1.54, 1.807) is 0 Å². The zero-order valence-corrected chi connectivity index (χ0v) is 28.0. The maximum Gasteiger partial charge on any atom is 0.0469 e. The molecule has 0 aliphatic carbocycles. The second kappa shape index (κ2) is 13.0. The SMILES string of the molecule is CNc1ccc(N(c2ccc(NC)cc2)c2ccc3[nH]c4ccc(N(c5ccc(NC)cc5)c5ccc(N(C)C)cc5)cc4c3c2)cc1. The van der Waals surface area contributed by atoms with Gasteiger partial charge in [-0.15, -0.1) is 0 Å². The molecule has 7 nitrogen and oxygen atoms in total. The Morgan fingerprint density at radius 1 is 0.375 bits per heavy atom. The lowest BCUT2D eigenvalue weighted by Crippen LogP contribution is -2.11. The van der Waals surface area contributed by atoms with E-state index in [0.717, 1.165) is 67.9 Å². The summed E-state index contributed by atoms with van der Waals surface area (Å²) in [4.78, 5) is 10.4. The number of benzene rings is 6. The largest absolute Gasteiger partial charge is 0.388 e. The first kappa shape index (κ1) is 30.6. The van der Waals surface area contributed by atoms with E-state index in [9.17, 15) is 0 Å². The van der Waals surface area contributed by atoms with Gasteiger partial charge in [-0.2, -0.15) is 0 Å². The third kappa shape index (κ3) is 5.82. The molecule has 1 aromatic heterocycles. The second-order valence-corrected chi connectivity index (χ2v) is 12.1. The summed E-state index contributed by atoms with van der Waals surface area (Å²) in [5, 5.41) is 12.1. The van der Waals surface area contributed by atoms with Crippen molar-refractivity contribution < 1.29 is 0 Å². The second-order valence-electron chi connectivity index (χ2n) is 12.1. The van der Waals surface area contributed by atoms with Crippen LogP contribution in [0.4, 0.5) is 56.9 Å². The number of H-pyrrole nitrogens is 1. The van der Waals surface area contributed by atoms with Crippen molar-refractivity contribution in [3.63, 3.8) is 0 Å². The fraction of sp³-hybridized carbons (Fsp3) is 0.122. The molecule has 0 atom stereocenters. The summed E-state index contributed by atoms with van der Waals surface area (Å²) in [5.41, 5.74) is 13.1. The number of nitrogens with one attached hydrogen (secondary N) is 4. The van der Waals surface area contributed by atoms with Gasteiger partial charge < -0.3 is 35.6 Å². The Kier molecular flexibility index (Phi) is 8.26. The van der Waals surface area contributed by atoms with Gasteiger partial charge in [-0.1, -0.05) is 0 Å². The monoisotopic (exact) mass is 631 g/mol. The van der Waals surface area contributed by atoms with Crippen LogP contribution in [-0.4, -0.2) is 40.2 Å². The summed E-state index contributed by atoms with van der Waals surface area (Å²) in [6, 6.07) is 47.8. The van der Waals surface area contributed by atoms with Crippen LogP contribution in [0.15, 0.2) is 133 Å². The molecule has 0 aliphatic rings. The highest BCUT2D eigenvalue weighted by atomic mass is 15.2. The van der Waals surface area contributed by atoms with Crippen LogP contribution in [0.5, 0.6) is 0 Å². The van der Waals surface area contributed by atoms with Crippen LogP contribution in [0, 0.1) is 0 Å². The molecule has 6 aromatic carbocycles. The van der Waals surface area contributed by atoms with Gasteiger partial charge in [-0.3, -0.25) is 0 Å². The van der Waals surface area contributed by atoms with Gasteiger partial charge in [0.25, 0.3) is 0 Å². The van der Waals surface area contributed by atoms with Gasteiger partial charge in [0.05, 0.1) is 0 Å². The van der Waals surface area contributed by atoms with E-state index in [4.69, 9.17) is 0 Å². The van der Waals surface area contributed by atoms with Crippen LogP contribution in [-0.2, 0) is 0 Å². The highest BCUT2D eigenvalue weighted by Crippen LogP contribution is 2.41. The van der Waals surface area contributed by atoms with Gasteiger partial charge in [-0.05, 0) is 133 Å². The van der Waals surface area contributed by atoms with Crippen molar-refractivity contribution in [1.82, 2.24) is 4.98 Å². The molecule has 0 fully saturated rings. The Morgan fingerprint density at radius 2 is 0.667 bits per heavy atom. The summed E-state index contributed by atoms with van der Waals surface area (Å²) < 4.78 is 0. The molecule has 0 aliphatic heterocycles. The molecular weight excluding hydrogens is 591 g/mol. The Balaban J connectivity index is 1.37. The van der Waals surface area contributed by atoms with Gasteiger partial charge in [0, 0.05) is 114 Å². The van der Waals surface area contributed by atoms with Gasteiger partial charge in [0.1, 0.15) is 0 Å². The van der Waals surface area contributed by atoms with Crippen molar-refractivity contribution in [2.75, 3.05) is 65.9 Å². The minimum absolute atomic E-state index is 1.07. The number of rotatable bonds is 10. The third-order valence-electron chi connectivity index (χ3n) is 8.95. The first-order valence-electron chi connectivity index (χ1n) is 16.2. The lowest BCUT2D eigenvalue weighted by Gasteiger charge is -2.27. The summed E-state index contributed by atoms with van der Waals surface area (Å²) >= 11 is 0. The zero-order valence-electron chi connectivity index (χ0n) is 28.0. The molecule has 4 N–H and O–H groups in total. The van der Waals surface area contributed by atoms with Crippen molar-refractivity contribution in [2.45, 2.75) is 0 Å². The maximum absolute atomic E-state index is 3.67. The average molecular weight is 632 g/mol. The van der Waals surface area contributed by atoms with Crippen molar-refractivity contribution in [2.24, 2.45) is 0 Å². The number of aromatic nitrogens is 1. The number of fused-ring (bicyclic) bond motifs is 3. The van der Waals surface area contributed by atoms with Crippen molar-refractivity contribution in [3.8, 4) is 0 Å². The quantitative estimate of drug-likeness (QED) is 0.121. The van der Waals surface area contributed by atoms with Gasteiger partial charge in [0.2, 0.25) is 0 Å². The molecule has 0 amide bonds. The Hall–Kier alpha value is -6.08. The molecule has 0 unspecified atom stereocenters. The van der Waals surface area contributed by atoms with E-state index >= 15 is 0 Å². The Morgan fingerprint density at radius 3 is 0.979 bits per heavy atom. The number of aromatic amines is 1. The van der Waals surface area contributed by atoms with Crippen LogP contribution < -0.4 is 30.7 Å². The van der Waals surface area contributed by atoms with Crippen LogP contribution in [0.1, 0.15) is 0 Å². The van der Waals surface area contributed by atoms with E-state index in [1.165, 1.54) is 10.8 Å². The molecule has 0 spiro atoms. The normalized spacial score (nSPS) is 11.0. The van der Waals surface area contributed by atoms with Crippen molar-refractivity contribution in [3.05, 3.63) is 133 Å². The fourth-order valence-corrected chi connectivity index (χ4v) is 6.28. The molecule has 1 heterocycles. The standard InChI is InChI=1S/C41H41N7/c1-42-28-6-12-32(13-7-28)47(33-14-8-29(43-2)9-15-33)36-22-24-40-38(26-36)39-27-37(23-25-41(39)45-40)48(34-16-10-30(44-3)11-17-34)35-20-18-31(19-21-35)46(4)5/h6-27,42-45H,1-5H3. The average Bonchev–Trinajstić information content (AvgIpc) is 3.50. The number of anilines is 10. The minimum Gasteiger partial charge on any atom is -0.388 e. The highest BCUT2D eigenvalue weighted by molar-refractivity contribution is 6.10. The number of nitrogens with zero attached hydrogens (tertiary/aromatic N) is 3. The molecule has 7 aromatic rings. The fourth-order valence-electron chi connectivity index (χ4n) is 6.28. The molecule has 7 rings (SSSR count). The number of hydrogen-bond acceptors (Lipinski definition) is 6. The predicted octanol–water partition coefficient (Wildman–Crippen LogP) is 10.5. The first-order chi connectivity index (χ1) is 23.4. The van der Waals surface area contributed by atoms with Crippen LogP contribution in [0.3, 0.4) is 0 Å². The van der Waals surface area contributed by atoms with E-state index in [0.29, 0.717) is 0 Å². The van der Waals surface area contributed by atoms with Gasteiger partial charge in [-0.25, -0.2) is 0 Å². The summed E-state index contributed by atoms with van der Waals surface area (Å²) in [6.07, 6.45) is 0. The van der Waals surface area contributed by atoms with Crippen molar-refractivity contribution >= 4 is 78.7 Å². The van der Waals surface area contributed by atoms with Gasteiger partial charge >= 0.3 is 0 Å². The zero-order chi connectivity index (χ0) is 33.2. The topological polar surface area (TPSA) is 61.6 Å². The minimum atomic E-state index is 1.07. The maximum atomic E-state index is 3.67. The molecule has 7 heteroatoms. The Labute approximate surface area is 282 Å².